The van der Waals surface area contributed by atoms with E-state index in [1.54, 1.807) is 7.11 Å². The predicted octanol–water partition coefficient (Wildman–Crippen LogP) is 3.76. The van der Waals surface area contributed by atoms with Crippen molar-refractivity contribution in [3.8, 4) is 5.75 Å². The molecule has 0 aliphatic heterocycles. The van der Waals surface area contributed by atoms with Gasteiger partial charge in [0.2, 0.25) is 0 Å². The fourth-order valence-corrected chi connectivity index (χ4v) is 2.14. The van der Waals surface area contributed by atoms with Crippen LogP contribution in [-0.4, -0.2) is 7.11 Å². The van der Waals surface area contributed by atoms with Crippen LogP contribution in [0.1, 0.15) is 35.6 Å². The molecule has 1 N–H and O–H groups in total. The van der Waals surface area contributed by atoms with Crippen molar-refractivity contribution in [3.63, 3.8) is 0 Å². The molecule has 19 heavy (non-hydrogen) atoms. The first kappa shape index (κ1) is 13.7. The molecule has 0 fully saturated rings. The second-order valence-electron chi connectivity index (χ2n) is 4.86. The molecule has 1 heterocycles. The summed E-state index contributed by atoms with van der Waals surface area (Å²) in [7, 11) is 1.71. The van der Waals surface area contributed by atoms with Crippen LogP contribution in [0.5, 0.6) is 5.75 Å². The van der Waals surface area contributed by atoms with Gasteiger partial charge in [0.05, 0.1) is 13.7 Å². The highest BCUT2D eigenvalue weighted by atomic mass is 16.5. The Labute approximate surface area is 114 Å². The van der Waals surface area contributed by atoms with Crippen molar-refractivity contribution in [2.45, 2.75) is 33.4 Å². The van der Waals surface area contributed by atoms with Crippen molar-refractivity contribution in [1.82, 2.24) is 5.32 Å². The molecule has 0 aliphatic carbocycles. The first-order chi connectivity index (χ1) is 9.10. The Bertz CT molecular complexity index is 545. The molecule has 2 aromatic rings. The molecular weight excluding hydrogens is 238 g/mol. The van der Waals surface area contributed by atoms with Crippen molar-refractivity contribution >= 4 is 0 Å². The quantitative estimate of drug-likeness (QED) is 0.888. The molecule has 1 unspecified atom stereocenters. The number of hydrogen-bond donors (Lipinski definition) is 1. The molecule has 0 aliphatic rings. The Kier molecular flexibility index (Phi) is 4.27. The van der Waals surface area contributed by atoms with E-state index in [2.05, 4.69) is 31.3 Å². The molecule has 2 rings (SSSR count). The number of hydrogen-bond acceptors (Lipinski definition) is 3. The van der Waals surface area contributed by atoms with Crippen LogP contribution in [0.25, 0.3) is 0 Å². The highest BCUT2D eigenvalue weighted by molar-refractivity contribution is 5.38. The van der Waals surface area contributed by atoms with Gasteiger partial charge in [-0.25, -0.2) is 0 Å². The summed E-state index contributed by atoms with van der Waals surface area (Å²) in [6.07, 6.45) is 0. The molecular formula is C16H21NO2. The maximum atomic E-state index is 5.56. The van der Waals surface area contributed by atoms with Gasteiger partial charge >= 0.3 is 0 Å². The topological polar surface area (TPSA) is 34.4 Å². The summed E-state index contributed by atoms with van der Waals surface area (Å²) in [4.78, 5) is 0. The van der Waals surface area contributed by atoms with Crippen LogP contribution in [0.15, 0.2) is 34.7 Å². The van der Waals surface area contributed by atoms with Gasteiger partial charge in [0.1, 0.15) is 17.3 Å². The molecule has 1 atom stereocenters. The van der Waals surface area contributed by atoms with E-state index in [1.807, 2.05) is 25.1 Å². The van der Waals surface area contributed by atoms with Crippen molar-refractivity contribution in [3.05, 3.63) is 53.0 Å². The summed E-state index contributed by atoms with van der Waals surface area (Å²) in [5.41, 5.74) is 2.41. The van der Waals surface area contributed by atoms with Crippen LogP contribution < -0.4 is 10.1 Å². The summed E-state index contributed by atoms with van der Waals surface area (Å²) in [6, 6.07) is 10.4. The summed E-state index contributed by atoms with van der Waals surface area (Å²) in [5.74, 6) is 2.81. The molecule has 3 nitrogen and oxygen atoms in total. The van der Waals surface area contributed by atoms with E-state index in [9.17, 15) is 0 Å². The second kappa shape index (κ2) is 5.93. The zero-order valence-corrected chi connectivity index (χ0v) is 12.0. The van der Waals surface area contributed by atoms with Crippen LogP contribution in [0.4, 0.5) is 0 Å². The van der Waals surface area contributed by atoms with Gasteiger partial charge in [0.15, 0.2) is 0 Å². The maximum Gasteiger partial charge on any atom is 0.123 e. The van der Waals surface area contributed by atoms with Gasteiger partial charge < -0.3 is 14.5 Å². The number of benzene rings is 1. The third-order valence-corrected chi connectivity index (χ3v) is 3.23. The van der Waals surface area contributed by atoms with Crippen molar-refractivity contribution in [1.29, 1.82) is 0 Å². The zero-order chi connectivity index (χ0) is 13.8. The molecule has 102 valence electrons. The van der Waals surface area contributed by atoms with E-state index in [0.717, 1.165) is 17.3 Å². The Morgan fingerprint density at radius 2 is 2.00 bits per heavy atom. The average Bonchev–Trinajstić information content (AvgIpc) is 2.81. The number of furan rings is 1. The zero-order valence-electron chi connectivity index (χ0n) is 12.0. The van der Waals surface area contributed by atoms with E-state index < -0.39 is 0 Å². The SMILES string of the molecule is COc1ccc(C)cc1C(C)NCc1ccc(C)o1. The standard InChI is InChI=1S/C16H21NO2/c1-11-5-8-16(18-4)15(9-11)13(3)17-10-14-7-6-12(2)19-14/h5-9,13,17H,10H2,1-4H3. The lowest BCUT2D eigenvalue weighted by atomic mass is 10.0. The number of rotatable bonds is 5. The van der Waals surface area contributed by atoms with Gasteiger partial charge in [0, 0.05) is 11.6 Å². The lowest BCUT2D eigenvalue weighted by Crippen LogP contribution is -2.18. The Morgan fingerprint density at radius 3 is 2.63 bits per heavy atom. The number of aryl methyl sites for hydroxylation is 2. The minimum Gasteiger partial charge on any atom is -0.496 e. The fraction of sp³-hybridized carbons (Fsp3) is 0.375. The van der Waals surface area contributed by atoms with E-state index >= 15 is 0 Å². The van der Waals surface area contributed by atoms with Crippen LogP contribution in [-0.2, 0) is 6.54 Å². The predicted molar refractivity (Wildman–Crippen MR) is 76.4 cm³/mol. The molecule has 3 heteroatoms. The Morgan fingerprint density at radius 1 is 1.21 bits per heavy atom. The third-order valence-electron chi connectivity index (χ3n) is 3.23. The highest BCUT2D eigenvalue weighted by Gasteiger charge is 2.11. The summed E-state index contributed by atoms with van der Waals surface area (Å²) in [5, 5.41) is 3.46. The van der Waals surface area contributed by atoms with E-state index in [1.165, 1.54) is 11.1 Å². The molecule has 0 bridgehead atoms. The van der Waals surface area contributed by atoms with Crippen LogP contribution in [0, 0.1) is 13.8 Å². The first-order valence-corrected chi connectivity index (χ1v) is 6.53. The van der Waals surface area contributed by atoms with Crippen molar-refractivity contribution in [2.24, 2.45) is 0 Å². The number of ether oxygens (including phenoxy) is 1. The highest BCUT2D eigenvalue weighted by Crippen LogP contribution is 2.26. The molecule has 1 aromatic heterocycles. The normalized spacial score (nSPS) is 12.4. The number of nitrogens with one attached hydrogen (secondary N) is 1. The van der Waals surface area contributed by atoms with Gasteiger partial charge in [0.25, 0.3) is 0 Å². The van der Waals surface area contributed by atoms with Crippen molar-refractivity contribution < 1.29 is 9.15 Å². The first-order valence-electron chi connectivity index (χ1n) is 6.53. The monoisotopic (exact) mass is 259 g/mol. The van der Waals surface area contributed by atoms with Gasteiger partial charge in [-0.3, -0.25) is 0 Å². The van der Waals surface area contributed by atoms with Gasteiger partial charge in [-0.15, -0.1) is 0 Å². The molecule has 1 aromatic carbocycles. The van der Waals surface area contributed by atoms with Crippen LogP contribution in [0.3, 0.4) is 0 Å². The second-order valence-corrected chi connectivity index (χ2v) is 4.86. The molecule has 0 radical (unpaired) electrons. The largest absolute Gasteiger partial charge is 0.496 e. The average molecular weight is 259 g/mol. The van der Waals surface area contributed by atoms with Crippen molar-refractivity contribution in [2.75, 3.05) is 7.11 Å². The minimum atomic E-state index is 0.209. The minimum absolute atomic E-state index is 0.209. The van der Waals surface area contributed by atoms with E-state index in [0.29, 0.717) is 6.54 Å². The lowest BCUT2D eigenvalue weighted by molar-refractivity contribution is 0.396. The van der Waals surface area contributed by atoms with Gasteiger partial charge in [-0.2, -0.15) is 0 Å². The van der Waals surface area contributed by atoms with E-state index in [-0.39, 0.29) is 6.04 Å². The summed E-state index contributed by atoms with van der Waals surface area (Å²) in [6.45, 7) is 6.89. The smallest absolute Gasteiger partial charge is 0.123 e. The van der Waals surface area contributed by atoms with E-state index in [4.69, 9.17) is 9.15 Å². The van der Waals surface area contributed by atoms with Gasteiger partial charge in [-0.05, 0) is 39.0 Å². The molecule has 0 saturated heterocycles. The molecule has 0 spiro atoms. The fourth-order valence-electron chi connectivity index (χ4n) is 2.14. The lowest BCUT2D eigenvalue weighted by Gasteiger charge is -2.17. The number of methoxy groups -OCH3 is 1. The van der Waals surface area contributed by atoms with Crippen LogP contribution in [0.2, 0.25) is 0 Å². The molecule has 0 saturated carbocycles. The van der Waals surface area contributed by atoms with Crippen LogP contribution >= 0.6 is 0 Å². The Balaban J connectivity index is 2.06. The third kappa shape index (κ3) is 3.38. The molecule has 0 amide bonds. The maximum absolute atomic E-state index is 5.56. The Hall–Kier alpha value is -1.74. The van der Waals surface area contributed by atoms with Gasteiger partial charge in [-0.1, -0.05) is 17.7 Å². The summed E-state index contributed by atoms with van der Waals surface area (Å²) >= 11 is 0. The summed E-state index contributed by atoms with van der Waals surface area (Å²) < 4.78 is 11.0.